The predicted molar refractivity (Wildman–Crippen MR) is 72.1 cm³/mol. The number of hydrogen-bond acceptors (Lipinski definition) is 3. The minimum absolute atomic E-state index is 0.938. The molecule has 1 saturated heterocycles. The van der Waals surface area contributed by atoms with Crippen LogP contribution in [0.3, 0.4) is 0 Å². The molecule has 0 amide bonds. The highest BCUT2D eigenvalue weighted by atomic mass is 15.3. The summed E-state index contributed by atoms with van der Waals surface area (Å²) in [5.74, 6) is 1.10. The highest BCUT2D eigenvalue weighted by Crippen LogP contribution is 2.28. The van der Waals surface area contributed by atoms with E-state index < -0.39 is 0 Å². The zero-order valence-electron chi connectivity index (χ0n) is 10.3. The van der Waals surface area contributed by atoms with Gasteiger partial charge in [-0.05, 0) is 25.5 Å². The maximum atomic E-state index is 4.77. The number of para-hydroxylation sites is 1. The first kappa shape index (κ1) is 9.88. The molecule has 18 heavy (non-hydrogen) atoms. The zero-order valence-corrected chi connectivity index (χ0v) is 10.3. The number of rotatable bonds is 1. The lowest BCUT2D eigenvalue weighted by Gasteiger charge is -2.32. The molecule has 0 bridgehead atoms. The Labute approximate surface area is 105 Å². The first-order valence-corrected chi connectivity index (χ1v) is 6.33. The van der Waals surface area contributed by atoms with E-state index in [9.17, 15) is 0 Å². The van der Waals surface area contributed by atoms with E-state index in [0.717, 1.165) is 35.8 Å². The lowest BCUT2D eigenvalue weighted by molar-refractivity contribution is 0.612. The van der Waals surface area contributed by atoms with Crippen LogP contribution >= 0.6 is 0 Å². The van der Waals surface area contributed by atoms with Crippen molar-refractivity contribution in [3.63, 3.8) is 0 Å². The van der Waals surface area contributed by atoms with E-state index in [0.29, 0.717) is 0 Å². The first-order valence-electron chi connectivity index (χ1n) is 6.33. The molecule has 0 saturated carbocycles. The summed E-state index contributed by atoms with van der Waals surface area (Å²) < 4.78 is 1.94. The molecule has 1 aliphatic rings. The Morgan fingerprint density at radius 1 is 1.17 bits per heavy atom. The SMILES string of the molecule is Cc1cc2nc(N3CCC3)c3ccccc3n2n1. The normalized spacial score (nSPS) is 15.3. The van der Waals surface area contributed by atoms with Gasteiger partial charge in [-0.1, -0.05) is 12.1 Å². The average molecular weight is 238 g/mol. The summed E-state index contributed by atoms with van der Waals surface area (Å²) in [5.41, 5.74) is 3.08. The fraction of sp³-hybridized carbons (Fsp3) is 0.286. The van der Waals surface area contributed by atoms with Crippen molar-refractivity contribution in [2.24, 2.45) is 0 Å². The number of aryl methyl sites for hydroxylation is 1. The molecule has 3 aromatic rings. The van der Waals surface area contributed by atoms with Crippen LogP contribution in [0.25, 0.3) is 16.6 Å². The summed E-state index contributed by atoms with van der Waals surface area (Å²) in [4.78, 5) is 7.11. The molecule has 0 aliphatic carbocycles. The van der Waals surface area contributed by atoms with Gasteiger partial charge in [0, 0.05) is 24.5 Å². The fourth-order valence-corrected chi connectivity index (χ4v) is 2.53. The van der Waals surface area contributed by atoms with Crippen LogP contribution in [-0.4, -0.2) is 27.7 Å². The van der Waals surface area contributed by atoms with Gasteiger partial charge >= 0.3 is 0 Å². The Morgan fingerprint density at radius 2 is 2.00 bits per heavy atom. The first-order chi connectivity index (χ1) is 8.83. The van der Waals surface area contributed by atoms with Gasteiger partial charge in [-0.2, -0.15) is 5.10 Å². The summed E-state index contributed by atoms with van der Waals surface area (Å²) in [5, 5.41) is 5.71. The van der Waals surface area contributed by atoms with Gasteiger partial charge in [0.25, 0.3) is 0 Å². The van der Waals surface area contributed by atoms with Gasteiger partial charge in [0.1, 0.15) is 5.82 Å². The van der Waals surface area contributed by atoms with Crippen LogP contribution in [-0.2, 0) is 0 Å². The molecule has 90 valence electrons. The molecule has 4 rings (SSSR count). The molecule has 1 fully saturated rings. The standard InChI is InChI=1S/C14H14N4/c1-10-9-13-15-14(17-7-4-8-17)11-5-2-3-6-12(11)18(13)16-10/h2-3,5-6,9H,4,7-8H2,1H3. The molecular weight excluding hydrogens is 224 g/mol. The highest BCUT2D eigenvalue weighted by molar-refractivity contribution is 5.92. The van der Waals surface area contributed by atoms with Crippen molar-refractivity contribution in [3.8, 4) is 0 Å². The summed E-state index contributed by atoms with van der Waals surface area (Å²) in [6.07, 6.45) is 1.26. The van der Waals surface area contributed by atoms with Crippen LogP contribution < -0.4 is 4.90 Å². The van der Waals surface area contributed by atoms with Crippen molar-refractivity contribution >= 4 is 22.4 Å². The lowest BCUT2D eigenvalue weighted by Crippen LogP contribution is -2.37. The molecule has 0 spiro atoms. The smallest absolute Gasteiger partial charge is 0.158 e. The van der Waals surface area contributed by atoms with Crippen molar-refractivity contribution in [1.29, 1.82) is 0 Å². The van der Waals surface area contributed by atoms with Gasteiger partial charge < -0.3 is 4.90 Å². The van der Waals surface area contributed by atoms with Gasteiger partial charge in [0.05, 0.1) is 11.2 Å². The molecule has 4 nitrogen and oxygen atoms in total. The Balaban J connectivity index is 2.13. The maximum Gasteiger partial charge on any atom is 0.158 e. The monoisotopic (exact) mass is 238 g/mol. The van der Waals surface area contributed by atoms with Crippen LogP contribution in [0.4, 0.5) is 5.82 Å². The Kier molecular flexibility index (Phi) is 1.89. The quantitative estimate of drug-likeness (QED) is 0.652. The molecule has 0 unspecified atom stereocenters. The summed E-state index contributed by atoms with van der Waals surface area (Å²) in [6, 6.07) is 10.4. The molecule has 0 N–H and O–H groups in total. The number of anilines is 1. The fourth-order valence-electron chi connectivity index (χ4n) is 2.53. The van der Waals surface area contributed by atoms with Crippen molar-refractivity contribution in [3.05, 3.63) is 36.0 Å². The molecule has 0 radical (unpaired) electrons. The third-order valence-corrected chi connectivity index (χ3v) is 3.56. The van der Waals surface area contributed by atoms with Crippen molar-refractivity contribution in [2.45, 2.75) is 13.3 Å². The van der Waals surface area contributed by atoms with Crippen LogP contribution in [0, 0.1) is 6.92 Å². The van der Waals surface area contributed by atoms with E-state index in [1.807, 2.05) is 17.5 Å². The van der Waals surface area contributed by atoms with Gasteiger partial charge in [0.2, 0.25) is 0 Å². The van der Waals surface area contributed by atoms with Crippen molar-refractivity contribution < 1.29 is 0 Å². The molecule has 3 heterocycles. The van der Waals surface area contributed by atoms with Crippen LogP contribution in [0.1, 0.15) is 12.1 Å². The zero-order chi connectivity index (χ0) is 12.1. The van der Waals surface area contributed by atoms with Crippen LogP contribution in [0.2, 0.25) is 0 Å². The average Bonchev–Trinajstić information content (AvgIpc) is 2.68. The Hall–Kier alpha value is -2.10. The molecule has 2 aromatic heterocycles. The highest BCUT2D eigenvalue weighted by Gasteiger charge is 2.20. The van der Waals surface area contributed by atoms with Gasteiger partial charge in [0.15, 0.2) is 5.65 Å². The van der Waals surface area contributed by atoms with Gasteiger partial charge in [-0.3, -0.25) is 0 Å². The molecule has 1 aliphatic heterocycles. The van der Waals surface area contributed by atoms with Gasteiger partial charge in [-0.25, -0.2) is 9.50 Å². The summed E-state index contributed by atoms with van der Waals surface area (Å²) in [6.45, 7) is 4.23. The molecule has 1 aromatic carbocycles. The molecule has 0 atom stereocenters. The Morgan fingerprint density at radius 3 is 2.78 bits per heavy atom. The van der Waals surface area contributed by atoms with Gasteiger partial charge in [-0.15, -0.1) is 0 Å². The van der Waals surface area contributed by atoms with Crippen molar-refractivity contribution in [1.82, 2.24) is 14.6 Å². The predicted octanol–water partition coefficient (Wildman–Crippen LogP) is 2.40. The molecule has 4 heteroatoms. The maximum absolute atomic E-state index is 4.77. The second kappa shape index (κ2) is 3.45. The largest absolute Gasteiger partial charge is 0.356 e. The van der Waals surface area contributed by atoms with E-state index in [-0.39, 0.29) is 0 Å². The van der Waals surface area contributed by atoms with Crippen LogP contribution in [0.15, 0.2) is 30.3 Å². The van der Waals surface area contributed by atoms with E-state index >= 15 is 0 Å². The Bertz CT molecular complexity index is 740. The number of benzene rings is 1. The molecular formula is C14H14N4. The number of hydrogen-bond donors (Lipinski definition) is 0. The number of nitrogens with zero attached hydrogens (tertiary/aromatic N) is 4. The van der Waals surface area contributed by atoms with E-state index in [4.69, 9.17) is 4.98 Å². The summed E-state index contributed by atoms with van der Waals surface area (Å²) in [7, 11) is 0. The third kappa shape index (κ3) is 1.26. The second-order valence-corrected chi connectivity index (χ2v) is 4.85. The number of aromatic nitrogens is 3. The van der Waals surface area contributed by atoms with E-state index in [2.05, 4.69) is 34.3 Å². The minimum atomic E-state index is 0.938. The second-order valence-electron chi connectivity index (χ2n) is 4.85. The van der Waals surface area contributed by atoms with Crippen molar-refractivity contribution in [2.75, 3.05) is 18.0 Å². The lowest BCUT2D eigenvalue weighted by atomic mass is 10.1. The van der Waals surface area contributed by atoms with Crippen LogP contribution in [0.5, 0.6) is 0 Å². The van der Waals surface area contributed by atoms with E-state index in [1.54, 1.807) is 0 Å². The third-order valence-electron chi connectivity index (χ3n) is 3.56. The topological polar surface area (TPSA) is 33.4 Å². The minimum Gasteiger partial charge on any atom is -0.356 e. The van der Waals surface area contributed by atoms with E-state index in [1.165, 1.54) is 11.8 Å². The summed E-state index contributed by atoms with van der Waals surface area (Å²) >= 11 is 0. The number of fused-ring (bicyclic) bond motifs is 3.